The molecule has 1 unspecified atom stereocenters. The average molecular weight is 362 g/mol. The van der Waals surface area contributed by atoms with Crippen molar-refractivity contribution in [2.45, 2.75) is 17.7 Å². The van der Waals surface area contributed by atoms with Gasteiger partial charge in [-0.3, -0.25) is 0 Å². The Balaban J connectivity index is 1.89. The molecule has 112 valence electrons. The molecule has 1 aromatic carbocycles. The van der Waals surface area contributed by atoms with E-state index in [9.17, 15) is 8.42 Å². The Bertz CT molecular complexity index is 530. The molecule has 0 aliphatic carbocycles. The highest BCUT2D eigenvalue weighted by Crippen LogP contribution is 2.20. The molecule has 0 bridgehead atoms. The first-order valence-corrected chi connectivity index (χ1v) is 9.27. The molecule has 1 N–H and O–H groups in total. The number of sulfone groups is 1. The van der Waals surface area contributed by atoms with Crippen LogP contribution in [-0.2, 0) is 9.84 Å². The summed E-state index contributed by atoms with van der Waals surface area (Å²) >= 11 is 3.30. The number of hydrogen-bond donors (Lipinski definition) is 1. The van der Waals surface area contributed by atoms with Crippen LogP contribution in [0.5, 0.6) is 0 Å². The summed E-state index contributed by atoms with van der Waals surface area (Å²) in [5.41, 5.74) is 0. The third-order valence-corrected chi connectivity index (χ3v) is 6.00. The molecule has 1 aliphatic rings. The second-order valence-corrected chi connectivity index (χ2v) is 8.27. The number of aliphatic hydroxyl groups is 1. The van der Waals surface area contributed by atoms with E-state index in [1.807, 2.05) is 0 Å². The molecule has 1 fully saturated rings. The fraction of sp³-hybridized carbons (Fsp3) is 0.571. The molecule has 0 radical (unpaired) electrons. The summed E-state index contributed by atoms with van der Waals surface area (Å²) in [6.45, 7) is 2.62. The molecule has 1 heterocycles. The van der Waals surface area contributed by atoms with Crippen LogP contribution in [-0.4, -0.2) is 50.4 Å². The lowest BCUT2D eigenvalue weighted by Crippen LogP contribution is -2.27. The summed E-state index contributed by atoms with van der Waals surface area (Å²) in [6.07, 6.45) is 1.87. The zero-order valence-electron chi connectivity index (χ0n) is 11.3. The van der Waals surface area contributed by atoms with Crippen molar-refractivity contribution >= 4 is 25.8 Å². The summed E-state index contributed by atoms with van der Waals surface area (Å²) in [6, 6.07) is 6.77. The molecule has 0 aromatic heterocycles. The van der Waals surface area contributed by atoms with Gasteiger partial charge >= 0.3 is 0 Å². The van der Waals surface area contributed by atoms with Gasteiger partial charge in [0.15, 0.2) is 9.84 Å². The monoisotopic (exact) mass is 361 g/mol. The molecule has 1 aliphatic heterocycles. The van der Waals surface area contributed by atoms with Crippen LogP contribution in [0, 0.1) is 5.92 Å². The van der Waals surface area contributed by atoms with Gasteiger partial charge < -0.3 is 10.0 Å². The van der Waals surface area contributed by atoms with Crippen LogP contribution in [0.4, 0.5) is 0 Å². The Labute approximate surface area is 128 Å². The van der Waals surface area contributed by atoms with Crippen molar-refractivity contribution in [3.63, 3.8) is 0 Å². The van der Waals surface area contributed by atoms with Crippen LogP contribution in [0.3, 0.4) is 0 Å². The van der Waals surface area contributed by atoms with Crippen molar-refractivity contribution in [1.29, 1.82) is 0 Å². The predicted octanol–water partition coefficient (Wildman–Crippen LogP) is 1.93. The first-order valence-electron chi connectivity index (χ1n) is 6.83. The Morgan fingerprint density at radius 3 is 2.65 bits per heavy atom. The highest BCUT2D eigenvalue weighted by Gasteiger charge is 2.23. The molecular formula is C14H20BrNO3S. The topological polar surface area (TPSA) is 57.6 Å². The Morgan fingerprint density at radius 1 is 1.30 bits per heavy atom. The highest BCUT2D eigenvalue weighted by atomic mass is 79.9. The van der Waals surface area contributed by atoms with Gasteiger partial charge in [0.25, 0.3) is 0 Å². The minimum Gasteiger partial charge on any atom is -0.396 e. The van der Waals surface area contributed by atoms with Gasteiger partial charge in [0, 0.05) is 24.2 Å². The summed E-state index contributed by atoms with van der Waals surface area (Å²) in [5, 5.41) is 8.92. The number of nitrogens with zero attached hydrogens (tertiary/aromatic N) is 1. The minimum atomic E-state index is -3.21. The van der Waals surface area contributed by atoms with Crippen LogP contribution in [0.2, 0.25) is 0 Å². The second-order valence-electron chi connectivity index (χ2n) is 5.24. The Hall–Kier alpha value is -0.430. The average Bonchev–Trinajstić information content (AvgIpc) is 2.85. The third-order valence-electron chi connectivity index (χ3n) is 3.76. The van der Waals surface area contributed by atoms with E-state index < -0.39 is 9.84 Å². The van der Waals surface area contributed by atoms with Gasteiger partial charge in [0.1, 0.15) is 0 Å². The lowest BCUT2D eigenvalue weighted by molar-refractivity contribution is 0.253. The fourth-order valence-electron chi connectivity index (χ4n) is 2.54. The third kappa shape index (κ3) is 4.28. The number of rotatable bonds is 6. The molecule has 4 nitrogen and oxygen atoms in total. The van der Waals surface area contributed by atoms with E-state index in [1.54, 1.807) is 24.3 Å². The lowest BCUT2D eigenvalue weighted by atomic mass is 10.1. The number of likely N-dealkylation sites (tertiary alicyclic amines) is 1. The zero-order valence-corrected chi connectivity index (χ0v) is 13.7. The van der Waals surface area contributed by atoms with Gasteiger partial charge in [-0.25, -0.2) is 8.42 Å². The maximum atomic E-state index is 12.2. The maximum Gasteiger partial charge on any atom is 0.179 e. The van der Waals surface area contributed by atoms with Gasteiger partial charge in [-0.05, 0) is 49.6 Å². The summed E-state index contributed by atoms with van der Waals surface area (Å²) in [4.78, 5) is 2.56. The van der Waals surface area contributed by atoms with Crippen LogP contribution in [0.25, 0.3) is 0 Å². The van der Waals surface area contributed by atoms with Crippen LogP contribution < -0.4 is 0 Å². The normalized spacial score (nSPS) is 20.4. The summed E-state index contributed by atoms with van der Waals surface area (Å²) < 4.78 is 25.3. The summed E-state index contributed by atoms with van der Waals surface area (Å²) in [7, 11) is -3.21. The molecular weight excluding hydrogens is 342 g/mol. The minimum absolute atomic E-state index is 0.153. The molecule has 20 heavy (non-hydrogen) atoms. The smallest absolute Gasteiger partial charge is 0.179 e. The first kappa shape index (κ1) is 15.9. The van der Waals surface area contributed by atoms with Crippen molar-refractivity contribution in [2.75, 3.05) is 32.0 Å². The van der Waals surface area contributed by atoms with Crippen molar-refractivity contribution in [2.24, 2.45) is 5.92 Å². The predicted molar refractivity (Wildman–Crippen MR) is 82.4 cm³/mol. The quantitative estimate of drug-likeness (QED) is 0.840. The molecule has 0 saturated carbocycles. The number of hydrogen-bond acceptors (Lipinski definition) is 4. The van der Waals surface area contributed by atoms with Gasteiger partial charge in [-0.15, -0.1) is 0 Å². The first-order chi connectivity index (χ1) is 9.51. The van der Waals surface area contributed by atoms with E-state index in [0.717, 1.165) is 30.4 Å². The highest BCUT2D eigenvalue weighted by molar-refractivity contribution is 9.10. The summed E-state index contributed by atoms with van der Waals surface area (Å²) in [5.74, 6) is 0.663. The van der Waals surface area contributed by atoms with Crippen LogP contribution in [0.15, 0.2) is 33.6 Å². The standard InChI is InChI=1S/C14H20BrNO3S/c15-13-1-3-14(4-2-13)20(18,19)10-8-16-7-5-12(11-16)6-9-17/h1-4,12,17H,5-11H2. The molecule has 6 heteroatoms. The maximum absolute atomic E-state index is 12.2. The van der Waals surface area contributed by atoms with Crippen molar-refractivity contribution in [3.05, 3.63) is 28.7 Å². The van der Waals surface area contributed by atoms with E-state index in [4.69, 9.17) is 5.11 Å². The molecule has 1 saturated heterocycles. The zero-order chi connectivity index (χ0) is 14.6. The van der Waals surface area contributed by atoms with Gasteiger partial charge in [-0.1, -0.05) is 15.9 Å². The van der Waals surface area contributed by atoms with Crippen molar-refractivity contribution in [3.8, 4) is 0 Å². The van der Waals surface area contributed by atoms with E-state index >= 15 is 0 Å². The Morgan fingerprint density at radius 2 is 2.00 bits per heavy atom. The van der Waals surface area contributed by atoms with E-state index in [2.05, 4.69) is 20.8 Å². The van der Waals surface area contributed by atoms with Gasteiger partial charge in [-0.2, -0.15) is 0 Å². The van der Waals surface area contributed by atoms with E-state index in [-0.39, 0.29) is 12.4 Å². The second kappa shape index (κ2) is 7.02. The Kier molecular flexibility index (Phi) is 5.60. The van der Waals surface area contributed by atoms with E-state index in [1.165, 1.54) is 0 Å². The van der Waals surface area contributed by atoms with Crippen LogP contribution >= 0.6 is 15.9 Å². The molecule has 2 rings (SSSR count). The molecule has 0 spiro atoms. The van der Waals surface area contributed by atoms with Crippen LogP contribution in [0.1, 0.15) is 12.8 Å². The molecule has 1 atom stereocenters. The van der Waals surface area contributed by atoms with E-state index in [0.29, 0.717) is 17.4 Å². The van der Waals surface area contributed by atoms with Crippen molar-refractivity contribution in [1.82, 2.24) is 4.90 Å². The largest absolute Gasteiger partial charge is 0.396 e. The van der Waals surface area contributed by atoms with Gasteiger partial charge in [0.05, 0.1) is 10.6 Å². The fourth-order valence-corrected chi connectivity index (χ4v) is 4.09. The van der Waals surface area contributed by atoms with Crippen molar-refractivity contribution < 1.29 is 13.5 Å². The molecule has 1 aromatic rings. The number of aliphatic hydroxyl groups excluding tert-OH is 1. The lowest BCUT2D eigenvalue weighted by Gasteiger charge is -2.15. The number of benzene rings is 1. The molecule has 0 amide bonds. The van der Waals surface area contributed by atoms with Gasteiger partial charge in [0.2, 0.25) is 0 Å². The SMILES string of the molecule is O=S(=O)(CCN1CCC(CCO)C1)c1ccc(Br)cc1. The number of halogens is 1.